The van der Waals surface area contributed by atoms with Gasteiger partial charge in [-0.25, -0.2) is 9.59 Å². The molecule has 1 rings (SSSR count). The Labute approximate surface area is 131 Å². The van der Waals surface area contributed by atoms with E-state index in [-0.39, 0.29) is 6.04 Å². The van der Waals surface area contributed by atoms with Crippen molar-refractivity contribution in [2.75, 3.05) is 0 Å². The number of hydrogen-bond acceptors (Lipinski definition) is 3. The molecule has 0 saturated heterocycles. The first-order valence-corrected chi connectivity index (χ1v) is 7.40. The highest BCUT2D eigenvalue weighted by Gasteiger charge is 2.33. The molecule has 0 aromatic heterocycles. The van der Waals surface area contributed by atoms with Crippen LogP contribution in [0.15, 0.2) is 30.3 Å². The van der Waals surface area contributed by atoms with E-state index in [1.807, 2.05) is 37.3 Å². The lowest BCUT2D eigenvalue weighted by molar-refractivity contribution is -0.143. The van der Waals surface area contributed by atoms with Crippen molar-refractivity contribution in [2.45, 2.75) is 58.7 Å². The molecule has 0 aliphatic rings. The quantitative estimate of drug-likeness (QED) is 0.906. The second kappa shape index (κ2) is 7.29. The van der Waals surface area contributed by atoms with Crippen LogP contribution in [0.5, 0.6) is 0 Å². The van der Waals surface area contributed by atoms with Crippen molar-refractivity contribution in [3.8, 4) is 0 Å². The number of carbonyl (C=O) groups is 2. The number of hydrogen-bond donors (Lipinski definition) is 1. The first kappa shape index (κ1) is 18.0. The number of carboxylic acids is 1. The Bertz CT molecular complexity index is 507. The molecule has 0 spiro atoms. The number of carboxylic acid groups (broad SMARTS) is 1. The topological polar surface area (TPSA) is 66.8 Å². The van der Waals surface area contributed by atoms with Gasteiger partial charge in [0, 0.05) is 6.04 Å². The minimum absolute atomic E-state index is 0.289. The molecule has 122 valence electrons. The number of rotatable bonds is 5. The molecule has 2 atom stereocenters. The highest BCUT2D eigenvalue weighted by molar-refractivity contribution is 5.80. The van der Waals surface area contributed by atoms with Crippen LogP contribution in [0.25, 0.3) is 0 Å². The van der Waals surface area contributed by atoms with Crippen molar-refractivity contribution in [1.29, 1.82) is 0 Å². The molecule has 1 amide bonds. The third kappa shape index (κ3) is 5.39. The fourth-order valence-electron chi connectivity index (χ4n) is 2.21. The van der Waals surface area contributed by atoms with E-state index in [2.05, 4.69) is 0 Å². The molecule has 0 aliphatic carbocycles. The van der Waals surface area contributed by atoms with Gasteiger partial charge in [-0.05, 0) is 46.6 Å². The Balaban J connectivity index is 2.94. The fraction of sp³-hybridized carbons (Fsp3) is 0.529. The van der Waals surface area contributed by atoms with Gasteiger partial charge in [0.2, 0.25) is 0 Å². The summed E-state index contributed by atoms with van der Waals surface area (Å²) < 4.78 is 5.35. The standard InChI is InChI=1S/C17H25NO4/c1-12(11-14-9-7-6-8-10-14)18(13(2)15(19)20)16(21)22-17(3,4)5/h6-10,12-13H,11H2,1-5H3,(H,19,20). The molecule has 0 heterocycles. The maximum Gasteiger partial charge on any atom is 0.411 e. The van der Waals surface area contributed by atoms with Crippen molar-refractivity contribution in [1.82, 2.24) is 4.90 Å². The molecule has 22 heavy (non-hydrogen) atoms. The molecule has 1 N–H and O–H groups in total. The van der Waals surface area contributed by atoms with Gasteiger partial charge in [-0.3, -0.25) is 4.90 Å². The second-order valence-electron chi connectivity index (χ2n) is 6.44. The van der Waals surface area contributed by atoms with Gasteiger partial charge < -0.3 is 9.84 Å². The zero-order chi connectivity index (χ0) is 16.9. The molecule has 0 fully saturated rings. The molecular weight excluding hydrogens is 282 g/mol. The van der Waals surface area contributed by atoms with Crippen molar-refractivity contribution in [3.05, 3.63) is 35.9 Å². The maximum atomic E-state index is 12.4. The Morgan fingerprint density at radius 3 is 2.18 bits per heavy atom. The first-order valence-electron chi connectivity index (χ1n) is 7.40. The summed E-state index contributed by atoms with van der Waals surface area (Å²) in [6.07, 6.45) is -0.0385. The third-order valence-corrected chi connectivity index (χ3v) is 3.23. The molecule has 5 nitrogen and oxygen atoms in total. The van der Waals surface area contributed by atoms with Crippen molar-refractivity contribution >= 4 is 12.1 Å². The Kier molecular flexibility index (Phi) is 5.97. The Morgan fingerprint density at radius 2 is 1.73 bits per heavy atom. The van der Waals surface area contributed by atoms with Crippen LogP contribution in [0.1, 0.15) is 40.2 Å². The number of ether oxygens (including phenoxy) is 1. The molecule has 1 aromatic rings. The normalized spacial score (nSPS) is 14.0. The average Bonchev–Trinajstić information content (AvgIpc) is 2.37. The lowest BCUT2D eigenvalue weighted by Gasteiger charge is -2.34. The number of nitrogens with zero attached hydrogens (tertiary/aromatic N) is 1. The van der Waals surface area contributed by atoms with Gasteiger partial charge in [0.05, 0.1) is 0 Å². The molecule has 0 bridgehead atoms. The van der Waals surface area contributed by atoms with E-state index < -0.39 is 23.7 Å². The van der Waals surface area contributed by atoms with Crippen molar-refractivity contribution in [3.63, 3.8) is 0 Å². The van der Waals surface area contributed by atoms with E-state index in [0.29, 0.717) is 6.42 Å². The lowest BCUT2D eigenvalue weighted by Crippen LogP contribution is -2.50. The average molecular weight is 307 g/mol. The zero-order valence-corrected chi connectivity index (χ0v) is 13.9. The third-order valence-electron chi connectivity index (χ3n) is 3.23. The minimum atomic E-state index is -1.05. The number of benzene rings is 1. The summed E-state index contributed by atoms with van der Waals surface area (Å²) in [7, 11) is 0. The highest BCUT2D eigenvalue weighted by Crippen LogP contribution is 2.17. The van der Waals surface area contributed by atoms with Crippen LogP contribution in [0, 0.1) is 0 Å². The predicted octanol–water partition coefficient (Wildman–Crippen LogP) is 3.33. The maximum absolute atomic E-state index is 12.4. The van der Waals surface area contributed by atoms with Crippen LogP contribution >= 0.6 is 0 Å². The summed E-state index contributed by atoms with van der Waals surface area (Å²) in [5.41, 5.74) is 0.376. The molecule has 0 saturated carbocycles. The number of aliphatic carboxylic acids is 1. The van der Waals surface area contributed by atoms with Crippen LogP contribution in [-0.2, 0) is 16.0 Å². The van der Waals surface area contributed by atoms with Crippen molar-refractivity contribution in [2.24, 2.45) is 0 Å². The highest BCUT2D eigenvalue weighted by atomic mass is 16.6. The molecule has 1 aromatic carbocycles. The van der Waals surface area contributed by atoms with Gasteiger partial charge in [0.25, 0.3) is 0 Å². The molecule has 2 unspecified atom stereocenters. The van der Waals surface area contributed by atoms with E-state index >= 15 is 0 Å². The van der Waals surface area contributed by atoms with Crippen LogP contribution in [-0.4, -0.2) is 39.8 Å². The summed E-state index contributed by atoms with van der Waals surface area (Å²) >= 11 is 0. The summed E-state index contributed by atoms with van der Waals surface area (Å²) in [5.74, 6) is -1.05. The van der Waals surface area contributed by atoms with E-state index in [1.54, 1.807) is 20.8 Å². The Hall–Kier alpha value is -2.04. The summed E-state index contributed by atoms with van der Waals surface area (Å²) in [5, 5.41) is 9.27. The van der Waals surface area contributed by atoms with Crippen molar-refractivity contribution < 1.29 is 19.4 Å². The Morgan fingerprint density at radius 1 is 1.18 bits per heavy atom. The van der Waals surface area contributed by atoms with Gasteiger partial charge in [0.1, 0.15) is 11.6 Å². The summed E-state index contributed by atoms with van der Waals surface area (Å²) in [4.78, 5) is 25.0. The smallest absolute Gasteiger partial charge is 0.411 e. The zero-order valence-electron chi connectivity index (χ0n) is 13.9. The number of carbonyl (C=O) groups excluding carboxylic acids is 1. The van der Waals surface area contributed by atoms with Crippen LogP contribution < -0.4 is 0 Å². The first-order chi connectivity index (χ1) is 10.1. The predicted molar refractivity (Wildman–Crippen MR) is 84.8 cm³/mol. The van der Waals surface area contributed by atoms with E-state index in [4.69, 9.17) is 4.74 Å². The van der Waals surface area contributed by atoms with E-state index in [0.717, 1.165) is 5.56 Å². The minimum Gasteiger partial charge on any atom is -0.480 e. The second-order valence-corrected chi connectivity index (χ2v) is 6.44. The fourth-order valence-corrected chi connectivity index (χ4v) is 2.21. The molecule has 5 heteroatoms. The summed E-state index contributed by atoms with van der Waals surface area (Å²) in [6.45, 7) is 8.60. The molecule has 0 radical (unpaired) electrons. The van der Waals surface area contributed by atoms with Crippen LogP contribution in [0.2, 0.25) is 0 Å². The number of amides is 1. The van der Waals surface area contributed by atoms with Gasteiger partial charge >= 0.3 is 12.1 Å². The molecular formula is C17H25NO4. The van der Waals surface area contributed by atoms with Gasteiger partial charge in [-0.1, -0.05) is 30.3 Å². The van der Waals surface area contributed by atoms with E-state index in [1.165, 1.54) is 11.8 Å². The van der Waals surface area contributed by atoms with Crippen LogP contribution in [0.3, 0.4) is 0 Å². The monoisotopic (exact) mass is 307 g/mol. The van der Waals surface area contributed by atoms with Gasteiger partial charge in [-0.2, -0.15) is 0 Å². The molecule has 0 aliphatic heterocycles. The van der Waals surface area contributed by atoms with Crippen LogP contribution in [0.4, 0.5) is 4.79 Å². The van der Waals surface area contributed by atoms with Gasteiger partial charge in [0.15, 0.2) is 0 Å². The largest absolute Gasteiger partial charge is 0.480 e. The SMILES string of the molecule is CC(Cc1ccccc1)N(C(=O)OC(C)(C)C)C(C)C(=O)O. The lowest BCUT2D eigenvalue weighted by atomic mass is 10.0. The van der Waals surface area contributed by atoms with E-state index in [9.17, 15) is 14.7 Å². The van der Waals surface area contributed by atoms with Gasteiger partial charge in [-0.15, -0.1) is 0 Å². The summed E-state index contributed by atoms with van der Waals surface area (Å²) in [6, 6.07) is 8.42.